The maximum atomic E-state index is 3.66. The van der Waals surface area contributed by atoms with Gasteiger partial charge in [-0.05, 0) is 36.6 Å². The second kappa shape index (κ2) is 4.83. The van der Waals surface area contributed by atoms with E-state index in [1.54, 1.807) is 0 Å². The number of halogens is 1. The van der Waals surface area contributed by atoms with Crippen LogP contribution < -0.4 is 5.32 Å². The molecule has 0 bridgehead atoms. The molecule has 1 aliphatic rings. The molecule has 1 aromatic heterocycles. The van der Waals surface area contributed by atoms with Gasteiger partial charge in [0.2, 0.25) is 0 Å². The van der Waals surface area contributed by atoms with Crippen LogP contribution in [0.5, 0.6) is 0 Å². The van der Waals surface area contributed by atoms with Gasteiger partial charge in [-0.15, -0.1) is 0 Å². The summed E-state index contributed by atoms with van der Waals surface area (Å²) in [4.78, 5) is 3.33. The number of aromatic amines is 1. The van der Waals surface area contributed by atoms with Crippen molar-refractivity contribution in [1.82, 2.24) is 10.3 Å². The fraction of sp³-hybridized carbons (Fsp3) is 0.429. The Balaban J connectivity index is 1.77. The lowest BCUT2D eigenvalue weighted by Crippen LogP contribution is -2.25. The van der Waals surface area contributed by atoms with Crippen LogP contribution in [0.3, 0.4) is 0 Å². The zero-order valence-electron chi connectivity index (χ0n) is 9.80. The zero-order valence-corrected chi connectivity index (χ0v) is 11.4. The minimum atomic E-state index is 0.729. The Kier molecular flexibility index (Phi) is 3.21. The van der Waals surface area contributed by atoms with E-state index in [0.29, 0.717) is 0 Å². The molecule has 0 saturated heterocycles. The van der Waals surface area contributed by atoms with Gasteiger partial charge in [0, 0.05) is 34.2 Å². The first-order chi connectivity index (χ1) is 8.33. The molecule has 1 fully saturated rings. The highest BCUT2D eigenvalue weighted by molar-refractivity contribution is 9.10. The van der Waals surface area contributed by atoms with Crippen LogP contribution in [0, 0.1) is 0 Å². The topological polar surface area (TPSA) is 27.8 Å². The van der Waals surface area contributed by atoms with E-state index >= 15 is 0 Å². The van der Waals surface area contributed by atoms with E-state index in [1.165, 1.54) is 42.1 Å². The number of hydrogen-bond donors (Lipinski definition) is 2. The highest BCUT2D eigenvalue weighted by Gasteiger charge is 2.14. The second-order valence-corrected chi connectivity index (χ2v) is 5.78. The third kappa shape index (κ3) is 2.40. The molecule has 1 saturated carbocycles. The van der Waals surface area contributed by atoms with Gasteiger partial charge in [-0.3, -0.25) is 0 Å². The normalized spacial score (nSPS) is 17.0. The molecule has 0 atom stereocenters. The molecule has 0 aliphatic heterocycles. The highest BCUT2D eigenvalue weighted by atomic mass is 79.9. The van der Waals surface area contributed by atoms with Gasteiger partial charge >= 0.3 is 0 Å². The number of rotatable bonds is 3. The smallest absolute Gasteiger partial charge is 0.0458 e. The third-order valence-corrected chi connectivity index (χ3v) is 4.16. The molecule has 17 heavy (non-hydrogen) atoms. The van der Waals surface area contributed by atoms with Gasteiger partial charge in [0.05, 0.1) is 0 Å². The maximum Gasteiger partial charge on any atom is 0.0458 e. The minimum Gasteiger partial charge on any atom is -0.361 e. The molecule has 0 spiro atoms. The second-order valence-electron chi connectivity index (χ2n) is 4.87. The van der Waals surface area contributed by atoms with Crippen LogP contribution in [-0.4, -0.2) is 11.0 Å². The van der Waals surface area contributed by atoms with Crippen LogP contribution in [-0.2, 0) is 6.54 Å². The van der Waals surface area contributed by atoms with Crippen molar-refractivity contribution in [2.75, 3.05) is 0 Å². The standard InChI is InChI=1S/C14H17BrN2/c15-11-5-6-14-13(7-11)10(9-17-14)8-16-12-3-1-2-4-12/h5-7,9,12,16-17H,1-4,8H2. The van der Waals surface area contributed by atoms with Crippen molar-refractivity contribution in [2.24, 2.45) is 0 Å². The molecule has 0 radical (unpaired) electrons. The predicted octanol–water partition coefficient (Wildman–Crippen LogP) is 3.96. The summed E-state index contributed by atoms with van der Waals surface area (Å²) in [6.45, 7) is 0.973. The molecule has 2 nitrogen and oxygen atoms in total. The van der Waals surface area contributed by atoms with Gasteiger partial charge in [-0.2, -0.15) is 0 Å². The van der Waals surface area contributed by atoms with E-state index < -0.39 is 0 Å². The molecule has 2 N–H and O–H groups in total. The quantitative estimate of drug-likeness (QED) is 0.880. The van der Waals surface area contributed by atoms with Crippen molar-refractivity contribution in [3.05, 3.63) is 34.4 Å². The van der Waals surface area contributed by atoms with Crippen molar-refractivity contribution < 1.29 is 0 Å². The summed E-state index contributed by atoms with van der Waals surface area (Å²) in [5.41, 5.74) is 2.59. The van der Waals surface area contributed by atoms with Crippen LogP contribution in [0.25, 0.3) is 10.9 Å². The van der Waals surface area contributed by atoms with E-state index in [4.69, 9.17) is 0 Å². The molecule has 1 aromatic carbocycles. The molecule has 3 heteroatoms. The van der Waals surface area contributed by atoms with Crippen LogP contribution in [0.1, 0.15) is 31.2 Å². The lowest BCUT2D eigenvalue weighted by molar-refractivity contribution is 0.525. The van der Waals surface area contributed by atoms with Gasteiger partial charge in [-0.25, -0.2) is 0 Å². The van der Waals surface area contributed by atoms with E-state index in [-0.39, 0.29) is 0 Å². The number of benzene rings is 1. The van der Waals surface area contributed by atoms with Gasteiger partial charge < -0.3 is 10.3 Å². The average Bonchev–Trinajstić information content (AvgIpc) is 2.94. The van der Waals surface area contributed by atoms with Crippen LogP contribution in [0.4, 0.5) is 0 Å². The summed E-state index contributed by atoms with van der Waals surface area (Å²) in [5.74, 6) is 0. The Morgan fingerprint density at radius 2 is 2.12 bits per heavy atom. The molecule has 1 heterocycles. The van der Waals surface area contributed by atoms with E-state index in [0.717, 1.165) is 17.1 Å². The van der Waals surface area contributed by atoms with Crippen molar-refractivity contribution >= 4 is 26.8 Å². The summed E-state index contributed by atoms with van der Waals surface area (Å²) in [7, 11) is 0. The summed E-state index contributed by atoms with van der Waals surface area (Å²) < 4.78 is 1.15. The largest absolute Gasteiger partial charge is 0.361 e. The van der Waals surface area contributed by atoms with E-state index in [9.17, 15) is 0 Å². The SMILES string of the molecule is Brc1ccc2[nH]cc(CNC3CCCC3)c2c1. The van der Waals surface area contributed by atoms with Crippen molar-refractivity contribution in [1.29, 1.82) is 0 Å². The van der Waals surface area contributed by atoms with Crippen LogP contribution in [0.15, 0.2) is 28.9 Å². The van der Waals surface area contributed by atoms with Crippen molar-refractivity contribution in [2.45, 2.75) is 38.3 Å². The van der Waals surface area contributed by atoms with Gasteiger partial charge in [0.25, 0.3) is 0 Å². The first-order valence-corrected chi connectivity index (χ1v) is 7.11. The van der Waals surface area contributed by atoms with Gasteiger partial charge in [0.1, 0.15) is 0 Å². The summed E-state index contributed by atoms with van der Waals surface area (Å²) in [6, 6.07) is 7.12. The summed E-state index contributed by atoms with van der Waals surface area (Å²) >= 11 is 3.53. The number of aromatic nitrogens is 1. The number of fused-ring (bicyclic) bond motifs is 1. The molecule has 0 unspecified atom stereocenters. The molecular weight excluding hydrogens is 276 g/mol. The lowest BCUT2D eigenvalue weighted by atomic mass is 10.1. The van der Waals surface area contributed by atoms with Crippen LogP contribution >= 0.6 is 15.9 Å². The molecule has 1 aliphatic carbocycles. The monoisotopic (exact) mass is 292 g/mol. The Bertz CT molecular complexity index is 512. The van der Waals surface area contributed by atoms with Crippen LogP contribution in [0.2, 0.25) is 0 Å². The molecule has 90 valence electrons. The predicted molar refractivity (Wildman–Crippen MR) is 75.1 cm³/mol. The zero-order chi connectivity index (χ0) is 11.7. The van der Waals surface area contributed by atoms with E-state index in [1.807, 2.05) is 0 Å². The van der Waals surface area contributed by atoms with Gasteiger partial charge in [0.15, 0.2) is 0 Å². The molecule has 0 amide bonds. The average molecular weight is 293 g/mol. The Labute approximate surface area is 110 Å². The van der Waals surface area contributed by atoms with Gasteiger partial charge in [-0.1, -0.05) is 28.8 Å². The maximum absolute atomic E-state index is 3.66. The van der Waals surface area contributed by atoms with Crippen molar-refractivity contribution in [3.8, 4) is 0 Å². The Morgan fingerprint density at radius 3 is 2.94 bits per heavy atom. The fourth-order valence-electron chi connectivity index (χ4n) is 2.68. The molecule has 2 aromatic rings. The highest BCUT2D eigenvalue weighted by Crippen LogP contribution is 2.23. The number of H-pyrrole nitrogens is 1. The summed E-state index contributed by atoms with van der Waals surface area (Å²) in [5, 5.41) is 4.98. The Morgan fingerprint density at radius 1 is 1.29 bits per heavy atom. The number of nitrogens with one attached hydrogen (secondary N) is 2. The fourth-order valence-corrected chi connectivity index (χ4v) is 3.04. The first kappa shape index (κ1) is 11.3. The number of hydrogen-bond acceptors (Lipinski definition) is 1. The lowest BCUT2D eigenvalue weighted by Gasteiger charge is -2.10. The molecule has 3 rings (SSSR count). The molecular formula is C14H17BrN2. The minimum absolute atomic E-state index is 0.729. The van der Waals surface area contributed by atoms with E-state index in [2.05, 4.69) is 50.6 Å². The summed E-state index contributed by atoms with van der Waals surface area (Å²) in [6.07, 6.45) is 7.57. The Hall–Kier alpha value is -0.800. The third-order valence-electron chi connectivity index (χ3n) is 3.67. The first-order valence-electron chi connectivity index (χ1n) is 6.32. The van der Waals surface area contributed by atoms with Crippen molar-refractivity contribution in [3.63, 3.8) is 0 Å².